The Hall–Kier alpha value is -4.59. The Morgan fingerprint density at radius 2 is 1.60 bits per heavy atom. The SMILES string of the molecule is COc1ccc(OC)c(C(=O)N2CCC(Cc3ccc(NC(=O)NC4=CC(C(C)(C)C)=NC4c4ccc(C)cc4)cc3)CC2)c1. The highest BCUT2D eigenvalue weighted by molar-refractivity contribution is 6.03. The molecule has 1 atom stereocenters. The summed E-state index contributed by atoms with van der Waals surface area (Å²) in [5, 5.41) is 6.04. The van der Waals surface area contributed by atoms with Crippen molar-refractivity contribution in [3.05, 3.63) is 101 Å². The summed E-state index contributed by atoms with van der Waals surface area (Å²) < 4.78 is 10.7. The predicted octanol–water partition coefficient (Wildman–Crippen LogP) is 7.35. The average molecular weight is 609 g/mol. The molecule has 5 rings (SSSR count). The zero-order valence-corrected chi connectivity index (χ0v) is 27.1. The van der Waals surface area contributed by atoms with Crippen LogP contribution < -0.4 is 20.1 Å². The van der Waals surface area contributed by atoms with Crippen LogP contribution in [0.4, 0.5) is 10.5 Å². The predicted molar refractivity (Wildman–Crippen MR) is 179 cm³/mol. The van der Waals surface area contributed by atoms with Crippen LogP contribution in [0.15, 0.2) is 83.5 Å². The maximum Gasteiger partial charge on any atom is 0.323 e. The van der Waals surface area contributed by atoms with Crippen molar-refractivity contribution in [2.24, 2.45) is 16.3 Å². The number of nitrogens with zero attached hydrogens (tertiary/aromatic N) is 2. The molecule has 0 radical (unpaired) electrons. The fourth-order valence-electron chi connectivity index (χ4n) is 5.83. The summed E-state index contributed by atoms with van der Waals surface area (Å²) in [5.74, 6) is 1.64. The standard InChI is InChI=1S/C37H44N4O4/c1-24-7-11-27(12-8-24)34-31(23-33(40-34)37(2,3)4)39-36(43)38-28-13-9-25(10-14-28)21-26-17-19-41(20-18-26)35(42)30-22-29(44-5)15-16-32(30)45-6/h7-16,22-23,26,34H,17-21H2,1-6H3,(H2,38,39,43). The summed E-state index contributed by atoms with van der Waals surface area (Å²) in [5.41, 5.74) is 6.30. The lowest BCUT2D eigenvalue weighted by Gasteiger charge is -2.32. The van der Waals surface area contributed by atoms with E-state index in [2.05, 4.69) is 74.7 Å². The van der Waals surface area contributed by atoms with Crippen molar-refractivity contribution in [1.29, 1.82) is 0 Å². The number of nitrogens with one attached hydrogen (secondary N) is 2. The first-order valence-electron chi connectivity index (χ1n) is 15.6. The fraction of sp³-hybridized carbons (Fsp3) is 0.378. The zero-order valence-electron chi connectivity index (χ0n) is 27.1. The van der Waals surface area contributed by atoms with Gasteiger partial charge in [-0.3, -0.25) is 9.79 Å². The number of hydrogen-bond acceptors (Lipinski definition) is 5. The van der Waals surface area contributed by atoms with Crippen molar-refractivity contribution in [3.8, 4) is 11.5 Å². The second-order valence-electron chi connectivity index (χ2n) is 13.0. The van der Waals surface area contributed by atoms with Crippen molar-refractivity contribution in [3.63, 3.8) is 0 Å². The number of likely N-dealkylation sites (tertiary alicyclic amines) is 1. The van der Waals surface area contributed by atoms with Crippen LogP contribution in [0.3, 0.4) is 0 Å². The Bertz CT molecular complexity index is 1580. The molecule has 0 aromatic heterocycles. The number of rotatable bonds is 8. The van der Waals surface area contributed by atoms with Gasteiger partial charge in [0.05, 0.1) is 25.5 Å². The molecule has 1 saturated heterocycles. The zero-order chi connectivity index (χ0) is 32.1. The molecule has 3 amide bonds. The summed E-state index contributed by atoms with van der Waals surface area (Å²) in [6.45, 7) is 9.84. The molecule has 2 heterocycles. The van der Waals surface area contributed by atoms with E-state index in [9.17, 15) is 9.59 Å². The molecule has 45 heavy (non-hydrogen) atoms. The Morgan fingerprint density at radius 1 is 0.911 bits per heavy atom. The molecule has 1 unspecified atom stereocenters. The molecule has 8 nitrogen and oxygen atoms in total. The molecule has 0 spiro atoms. The molecule has 0 aliphatic carbocycles. The van der Waals surface area contributed by atoms with Crippen LogP contribution in [0, 0.1) is 18.3 Å². The first kappa shape index (κ1) is 31.8. The smallest absolute Gasteiger partial charge is 0.323 e. The number of aliphatic imine (C=N–C) groups is 1. The summed E-state index contributed by atoms with van der Waals surface area (Å²) in [4.78, 5) is 33.2. The van der Waals surface area contributed by atoms with Gasteiger partial charge in [0.1, 0.15) is 17.5 Å². The molecule has 3 aromatic rings. The third-order valence-corrected chi connectivity index (χ3v) is 8.55. The lowest BCUT2D eigenvalue weighted by atomic mass is 9.90. The van der Waals surface area contributed by atoms with Crippen molar-refractivity contribution in [2.75, 3.05) is 32.6 Å². The number of anilines is 1. The van der Waals surface area contributed by atoms with Crippen LogP contribution in [0.25, 0.3) is 0 Å². The Labute approximate surface area is 266 Å². The molecule has 8 heteroatoms. The molecule has 2 N–H and O–H groups in total. The lowest BCUT2D eigenvalue weighted by molar-refractivity contribution is 0.0686. The number of methoxy groups -OCH3 is 2. The summed E-state index contributed by atoms with van der Waals surface area (Å²) in [6.07, 6.45) is 4.78. The van der Waals surface area contributed by atoms with Crippen molar-refractivity contribution >= 4 is 23.3 Å². The van der Waals surface area contributed by atoms with Gasteiger partial charge in [0, 0.05) is 29.9 Å². The Kier molecular flexibility index (Phi) is 9.61. The highest BCUT2D eigenvalue weighted by Crippen LogP contribution is 2.34. The van der Waals surface area contributed by atoms with Gasteiger partial charge in [-0.1, -0.05) is 62.7 Å². The first-order valence-corrected chi connectivity index (χ1v) is 15.6. The second-order valence-corrected chi connectivity index (χ2v) is 13.0. The monoisotopic (exact) mass is 608 g/mol. The van der Waals surface area contributed by atoms with Crippen LogP contribution in [0.2, 0.25) is 0 Å². The van der Waals surface area contributed by atoms with Gasteiger partial charge in [0.2, 0.25) is 0 Å². The molecule has 236 valence electrons. The van der Waals surface area contributed by atoms with E-state index >= 15 is 0 Å². The van der Waals surface area contributed by atoms with Gasteiger partial charge in [0.25, 0.3) is 5.91 Å². The quantitative estimate of drug-likeness (QED) is 0.280. The highest BCUT2D eigenvalue weighted by atomic mass is 16.5. The molecular weight excluding hydrogens is 564 g/mol. The van der Waals surface area contributed by atoms with Gasteiger partial charge in [0.15, 0.2) is 0 Å². The average Bonchev–Trinajstić information content (AvgIpc) is 3.46. The van der Waals surface area contributed by atoms with Crippen LogP contribution >= 0.6 is 0 Å². The molecule has 0 saturated carbocycles. The Morgan fingerprint density at radius 3 is 2.22 bits per heavy atom. The Balaban J connectivity index is 1.14. The van der Waals surface area contributed by atoms with Gasteiger partial charge < -0.3 is 25.0 Å². The maximum absolute atomic E-state index is 13.3. The summed E-state index contributed by atoms with van der Waals surface area (Å²) >= 11 is 0. The number of ether oxygens (including phenoxy) is 2. The van der Waals surface area contributed by atoms with Gasteiger partial charge in [-0.2, -0.15) is 0 Å². The minimum absolute atomic E-state index is 0.0300. The van der Waals surface area contributed by atoms with Crippen LogP contribution in [-0.2, 0) is 6.42 Å². The number of urea groups is 1. The van der Waals surface area contributed by atoms with Crippen LogP contribution in [0.1, 0.15) is 66.7 Å². The van der Waals surface area contributed by atoms with E-state index in [4.69, 9.17) is 14.5 Å². The van der Waals surface area contributed by atoms with Crippen molar-refractivity contribution in [1.82, 2.24) is 10.2 Å². The molecular formula is C37H44N4O4. The summed E-state index contributed by atoms with van der Waals surface area (Å²) in [6, 6.07) is 21.1. The number of aryl methyl sites for hydroxylation is 1. The van der Waals surface area contributed by atoms with Gasteiger partial charge in [-0.15, -0.1) is 0 Å². The van der Waals surface area contributed by atoms with Crippen LogP contribution in [0.5, 0.6) is 11.5 Å². The normalized spacial score (nSPS) is 16.9. The third kappa shape index (κ3) is 7.74. The van der Waals surface area contributed by atoms with Crippen molar-refractivity contribution < 1.29 is 19.1 Å². The summed E-state index contributed by atoms with van der Waals surface area (Å²) in [7, 11) is 3.16. The number of carbonyl (C=O) groups is 2. The first-order chi connectivity index (χ1) is 21.5. The van der Waals surface area contributed by atoms with E-state index in [1.54, 1.807) is 32.4 Å². The van der Waals surface area contributed by atoms with Gasteiger partial charge in [-0.25, -0.2) is 4.79 Å². The molecule has 1 fully saturated rings. The minimum atomic E-state index is -0.291. The number of amides is 3. The topological polar surface area (TPSA) is 92.3 Å². The van der Waals surface area contributed by atoms with E-state index in [1.165, 1.54) is 11.1 Å². The highest BCUT2D eigenvalue weighted by Gasteiger charge is 2.30. The van der Waals surface area contributed by atoms with Gasteiger partial charge >= 0.3 is 6.03 Å². The van der Waals surface area contributed by atoms with Crippen LogP contribution in [-0.4, -0.2) is 49.9 Å². The number of carbonyl (C=O) groups excluding carboxylic acids is 2. The molecule has 2 aliphatic rings. The van der Waals surface area contributed by atoms with E-state index in [-0.39, 0.29) is 23.4 Å². The molecule has 2 aliphatic heterocycles. The van der Waals surface area contributed by atoms with E-state index in [0.717, 1.165) is 41.9 Å². The lowest BCUT2D eigenvalue weighted by Crippen LogP contribution is -2.39. The van der Waals surface area contributed by atoms with E-state index in [1.807, 2.05) is 23.1 Å². The number of allylic oxidation sites excluding steroid dienone is 1. The number of benzene rings is 3. The maximum atomic E-state index is 13.3. The fourth-order valence-corrected chi connectivity index (χ4v) is 5.83. The van der Waals surface area contributed by atoms with Crippen molar-refractivity contribution in [2.45, 2.75) is 53.0 Å². The van der Waals surface area contributed by atoms with E-state index in [0.29, 0.717) is 36.1 Å². The molecule has 3 aromatic carbocycles. The number of piperidine rings is 1. The number of hydrogen-bond donors (Lipinski definition) is 2. The minimum Gasteiger partial charge on any atom is -0.497 e. The van der Waals surface area contributed by atoms with Gasteiger partial charge in [-0.05, 0) is 79.6 Å². The molecule has 0 bridgehead atoms. The third-order valence-electron chi connectivity index (χ3n) is 8.55. The largest absolute Gasteiger partial charge is 0.497 e. The second kappa shape index (κ2) is 13.6. The van der Waals surface area contributed by atoms with E-state index < -0.39 is 0 Å².